The van der Waals surface area contributed by atoms with Crippen LogP contribution in [0.4, 0.5) is 0 Å². The highest BCUT2D eigenvalue weighted by Gasteiger charge is 2.04. The lowest BCUT2D eigenvalue weighted by Gasteiger charge is -2.09. The minimum atomic E-state index is 0.755. The fourth-order valence-electron chi connectivity index (χ4n) is 2.27. The van der Waals surface area contributed by atoms with Crippen molar-refractivity contribution < 1.29 is 4.74 Å². The van der Waals surface area contributed by atoms with Gasteiger partial charge in [-0.15, -0.1) is 0 Å². The average Bonchev–Trinajstić information content (AvgIpc) is 2.47. The molecule has 0 unspecified atom stereocenters. The topological polar surface area (TPSA) is 9.23 Å². The van der Waals surface area contributed by atoms with Crippen molar-refractivity contribution >= 4 is 31.9 Å². The maximum atomic E-state index is 5.79. The van der Waals surface area contributed by atoms with Crippen LogP contribution in [0.3, 0.4) is 0 Å². The van der Waals surface area contributed by atoms with E-state index in [-0.39, 0.29) is 0 Å². The van der Waals surface area contributed by atoms with Gasteiger partial charge in [-0.1, -0.05) is 68.3 Å². The van der Waals surface area contributed by atoms with Gasteiger partial charge in [0, 0.05) is 8.95 Å². The summed E-state index contributed by atoms with van der Waals surface area (Å²) < 4.78 is 8.20. The second-order valence-corrected chi connectivity index (χ2v) is 6.79. The molecule has 0 heterocycles. The third-order valence-electron chi connectivity index (χ3n) is 3.58. The van der Waals surface area contributed by atoms with E-state index in [1.54, 1.807) is 0 Å². The molecule has 1 nitrogen and oxygen atoms in total. The van der Waals surface area contributed by atoms with Crippen molar-refractivity contribution in [2.75, 3.05) is 13.2 Å². The SMILES string of the molecule is Cc1cccc(CCOCCc2cccc(C)c2Br)c1Br. The summed E-state index contributed by atoms with van der Waals surface area (Å²) in [5, 5.41) is 0. The van der Waals surface area contributed by atoms with Crippen LogP contribution < -0.4 is 0 Å². The monoisotopic (exact) mass is 410 g/mol. The highest BCUT2D eigenvalue weighted by molar-refractivity contribution is 9.10. The molecule has 21 heavy (non-hydrogen) atoms. The molecular formula is C18H20Br2O. The predicted octanol–water partition coefficient (Wildman–Crippen LogP) is 5.63. The molecule has 2 rings (SSSR count). The Morgan fingerprint density at radius 1 is 0.762 bits per heavy atom. The Kier molecular flexibility index (Phi) is 6.46. The molecule has 0 aliphatic heterocycles. The highest BCUT2D eigenvalue weighted by atomic mass is 79.9. The van der Waals surface area contributed by atoms with Crippen LogP contribution in [-0.4, -0.2) is 13.2 Å². The molecule has 0 radical (unpaired) electrons. The molecule has 2 aromatic carbocycles. The zero-order valence-corrected chi connectivity index (χ0v) is 15.6. The van der Waals surface area contributed by atoms with Crippen LogP contribution in [0.2, 0.25) is 0 Å². The van der Waals surface area contributed by atoms with E-state index in [4.69, 9.17) is 4.74 Å². The second kappa shape index (κ2) is 8.11. The third kappa shape index (κ3) is 4.67. The molecular weight excluding hydrogens is 392 g/mol. The number of benzene rings is 2. The van der Waals surface area contributed by atoms with E-state index in [2.05, 4.69) is 82.1 Å². The second-order valence-electron chi connectivity index (χ2n) is 5.21. The first-order valence-corrected chi connectivity index (χ1v) is 8.74. The van der Waals surface area contributed by atoms with E-state index in [0.717, 1.165) is 26.1 Å². The Labute approximate surface area is 144 Å². The van der Waals surface area contributed by atoms with Gasteiger partial charge in [0.1, 0.15) is 0 Å². The summed E-state index contributed by atoms with van der Waals surface area (Å²) in [6.45, 7) is 5.74. The van der Waals surface area contributed by atoms with Crippen LogP contribution in [0.25, 0.3) is 0 Å². The summed E-state index contributed by atoms with van der Waals surface area (Å²) in [5.41, 5.74) is 5.17. The summed E-state index contributed by atoms with van der Waals surface area (Å²) in [5.74, 6) is 0. The number of hydrogen-bond donors (Lipinski definition) is 0. The normalized spacial score (nSPS) is 10.9. The zero-order chi connectivity index (χ0) is 15.2. The number of halogens is 2. The van der Waals surface area contributed by atoms with Crippen molar-refractivity contribution in [2.45, 2.75) is 26.7 Å². The van der Waals surface area contributed by atoms with Crippen molar-refractivity contribution in [1.82, 2.24) is 0 Å². The van der Waals surface area contributed by atoms with Gasteiger partial charge in [-0.05, 0) is 48.9 Å². The molecule has 0 spiro atoms. The fraction of sp³-hybridized carbons (Fsp3) is 0.333. The maximum absolute atomic E-state index is 5.79. The van der Waals surface area contributed by atoms with E-state index in [0.29, 0.717) is 0 Å². The Morgan fingerprint density at radius 3 is 1.62 bits per heavy atom. The predicted molar refractivity (Wildman–Crippen MR) is 96.0 cm³/mol. The molecule has 0 aromatic heterocycles. The summed E-state index contributed by atoms with van der Waals surface area (Å²) in [4.78, 5) is 0. The number of rotatable bonds is 6. The van der Waals surface area contributed by atoms with Gasteiger partial charge in [-0.3, -0.25) is 0 Å². The Balaban J connectivity index is 1.78. The van der Waals surface area contributed by atoms with Gasteiger partial charge in [-0.25, -0.2) is 0 Å². The van der Waals surface area contributed by atoms with Crippen LogP contribution >= 0.6 is 31.9 Å². The van der Waals surface area contributed by atoms with Gasteiger partial charge in [0.25, 0.3) is 0 Å². The van der Waals surface area contributed by atoms with Gasteiger partial charge in [0.05, 0.1) is 13.2 Å². The fourth-order valence-corrected chi connectivity index (χ4v) is 3.19. The largest absolute Gasteiger partial charge is 0.381 e. The number of ether oxygens (including phenoxy) is 1. The molecule has 0 saturated carbocycles. The molecule has 2 aromatic rings. The number of hydrogen-bond acceptors (Lipinski definition) is 1. The van der Waals surface area contributed by atoms with Crippen LogP contribution in [0, 0.1) is 13.8 Å². The molecule has 0 aliphatic carbocycles. The Morgan fingerprint density at radius 2 is 1.19 bits per heavy atom. The standard InChI is InChI=1S/C18H20Br2O/c1-13-5-3-7-15(17(13)19)9-11-21-12-10-16-8-4-6-14(2)18(16)20/h3-8H,9-12H2,1-2H3. The minimum absolute atomic E-state index is 0.755. The van der Waals surface area contributed by atoms with E-state index >= 15 is 0 Å². The highest BCUT2D eigenvalue weighted by Crippen LogP contribution is 2.22. The molecule has 0 fully saturated rings. The summed E-state index contributed by atoms with van der Waals surface area (Å²) in [7, 11) is 0. The molecule has 0 amide bonds. The van der Waals surface area contributed by atoms with Crippen LogP contribution in [-0.2, 0) is 17.6 Å². The van der Waals surface area contributed by atoms with Crippen molar-refractivity contribution in [3.05, 3.63) is 67.6 Å². The molecule has 112 valence electrons. The van der Waals surface area contributed by atoms with Gasteiger partial charge in [-0.2, -0.15) is 0 Å². The lowest BCUT2D eigenvalue weighted by molar-refractivity contribution is 0.140. The molecule has 0 N–H and O–H groups in total. The summed E-state index contributed by atoms with van der Waals surface area (Å²) in [6.07, 6.45) is 1.88. The first kappa shape index (κ1) is 16.7. The van der Waals surface area contributed by atoms with E-state index in [9.17, 15) is 0 Å². The first-order chi connectivity index (χ1) is 10.1. The van der Waals surface area contributed by atoms with E-state index in [1.165, 1.54) is 31.2 Å². The quantitative estimate of drug-likeness (QED) is 0.559. The lowest BCUT2D eigenvalue weighted by Crippen LogP contribution is -2.04. The maximum Gasteiger partial charge on any atom is 0.0507 e. The summed E-state index contributed by atoms with van der Waals surface area (Å²) >= 11 is 7.28. The smallest absolute Gasteiger partial charge is 0.0507 e. The van der Waals surface area contributed by atoms with Crippen molar-refractivity contribution in [3.8, 4) is 0 Å². The Bertz CT molecular complexity index is 555. The summed E-state index contributed by atoms with van der Waals surface area (Å²) in [6, 6.07) is 12.7. The minimum Gasteiger partial charge on any atom is -0.381 e. The van der Waals surface area contributed by atoms with Crippen molar-refractivity contribution in [2.24, 2.45) is 0 Å². The molecule has 0 aliphatic rings. The molecule has 3 heteroatoms. The molecule has 0 atom stereocenters. The zero-order valence-electron chi connectivity index (χ0n) is 12.5. The molecule has 0 saturated heterocycles. The van der Waals surface area contributed by atoms with Gasteiger partial charge in [0.15, 0.2) is 0 Å². The van der Waals surface area contributed by atoms with Crippen LogP contribution in [0.1, 0.15) is 22.3 Å². The first-order valence-electron chi connectivity index (χ1n) is 7.15. The van der Waals surface area contributed by atoms with Gasteiger partial charge < -0.3 is 4.74 Å². The number of aryl methyl sites for hydroxylation is 2. The van der Waals surface area contributed by atoms with E-state index in [1.807, 2.05) is 0 Å². The lowest BCUT2D eigenvalue weighted by atomic mass is 10.1. The van der Waals surface area contributed by atoms with E-state index < -0.39 is 0 Å². The third-order valence-corrected chi connectivity index (χ3v) is 5.84. The average molecular weight is 412 g/mol. The Hall–Kier alpha value is -0.640. The van der Waals surface area contributed by atoms with Gasteiger partial charge in [0.2, 0.25) is 0 Å². The molecule has 0 bridgehead atoms. The van der Waals surface area contributed by atoms with Crippen molar-refractivity contribution in [1.29, 1.82) is 0 Å². The van der Waals surface area contributed by atoms with Gasteiger partial charge >= 0.3 is 0 Å². The van der Waals surface area contributed by atoms with Crippen LogP contribution in [0.15, 0.2) is 45.3 Å². The van der Waals surface area contributed by atoms with Crippen LogP contribution in [0.5, 0.6) is 0 Å². The van der Waals surface area contributed by atoms with Crippen molar-refractivity contribution in [3.63, 3.8) is 0 Å².